The van der Waals surface area contributed by atoms with E-state index >= 15 is 0 Å². The Morgan fingerprint density at radius 1 is 0.757 bits per heavy atom. The topological polar surface area (TPSA) is 53.1 Å². The van der Waals surface area contributed by atoms with Crippen molar-refractivity contribution in [1.82, 2.24) is 14.7 Å². The number of methoxy groups -OCH3 is 1. The molecule has 2 heterocycles. The largest absolute Gasteiger partial charge is 0.497 e. The van der Waals surface area contributed by atoms with Gasteiger partial charge in [-0.1, -0.05) is 54.6 Å². The summed E-state index contributed by atoms with van der Waals surface area (Å²) < 4.78 is 5.32. The van der Waals surface area contributed by atoms with Crippen molar-refractivity contribution in [2.24, 2.45) is 5.92 Å². The van der Waals surface area contributed by atoms with E-state index in [9.17, 15) is 9.59 Å². The SMILES string of the molecule is COc1cccc(-c2ccc(C(=O)N3CCC(C(=O)N4CCN(Cc5ccccc5)CC4)CC3)cc2)c1. The summed E-state index contributed by atoms with van der Waals surface area (Å²) in [6, 6.07) is 26.1. The fraction of sp³-hybridized carbons (Fsp3) is 0.355. The summed E-state index contributed by atoms with van der Waals surface area (Å²) in [7, 11) is 1.66. The van der Waals surface area contributed by atoms with Gasteiger partial charge in [-0.05, 0) is 53.8 Å². The smallest absolute Gasteiger partial charge is 0.253 e. The molecule has 0 unspecified atom stereocenters. The number of benzene rings is 3. The van der Waals surface area contributed by atoms with Crippen LogP contribution in [0.25, 0.3) is 11.1 Å². The summed E-state index contributed by atoms with van der Waals surface area (Å²) in [5, 5.41) is 0. The lowest BCUT2D eigenvalue weighted by Gasteiger charge is -2.38. The third-order valence-corrected chi connectivity index (χ3v) is 7.60. The second-order valence-corrected chi connectivity index (χ2v) is 9.96. The molecule has 0 saturated carbocycles. The van der Waals surface area contributed by atoms with Gasteiger partial charge >= 0.3 is 0 Å². The number of likely N-dealkylation sites (tertiary alicyclic amines) is 1. The lowest BCUT2D eigenvalue weighted by Crippen LogP contribution is -2.51. The Morgan fingerprint density at radius 2 is 1.46 bits per heavy atom. The lowest BCUT2D eigenvalue weighted by molar-refractivity contribution is -0.138. The van der Waals surface area contributed by atoms with Crippen molar-refractivity contribution in [3.05, 3.63) is 90.0 Å². The number of rotatable bonds is 6. The fourth-order valence-electron chi connectivity index (χ4n) is 5.35. The minimum absolute atomic E-state index is 0.0140. The Bertz CT molecular complexity index is 1200. The molecular formula is C31H35N3O3. The highest BCUT2D eigenvalue weighted by Gasteiger charge is 2.32. The molecular weight excluding hydrogens is 462 g/mol. The number of piperazine rings is 1. The van der Waals surface area contributed by atoms with E-state index in [1.54, 1.807) is 7.11 Å². The summed E-state index contributed by atoms with van der Waals surface area (Å²) in [5.41, 5.74) is 4.10. The average Bonchev–Trinajstić information content (AvgIpc) is 2.97. The molecule has 0 bridgehead atoms. The number of piperidine rings is 1. The molecule has 3 aromatic carbocycles. The molecule has 0 aliphatic carbocycles. The molecule has 2 aliphatic heterocycles. The normalized spacial score (nSPS) is 17.0. The maximum atomic E-state index is 13.2. The molecule has 37 heavy (non-hydrogen) atoms. The minimum Gasteiger partial charge on any atom is -0.497 e. The lowest BCUT2D eigenvalue weighted by atomic mass is 9.94. The molecule has 2 saturated heterocycles. The first-order chi connectivity index (χ1) is 18.1. The molecule has 0 atom stereocenters. The van der Waals surface area contributed by atoms with Crippen LogP contribution in [-0.2, 0) is 11.3 Å². The predicted molar refractivity (Wildman–Crippen MR) is 145 cm³/mol. The average molecular weight is 498 g/mol. The van der Waals surface area contributed by atoms with Crippen LogP contribution in [0.2, 0.25) is 0 Å². The molecule has 0 aromatic heterocycles. The van der Waals surface area contributed by atoms with E-state index in [2.05, 4.69) is 29.2 Å². The number of hydrogen-bond acceptors (Lipinski definition) is 4. The molecule has 6 nitrogen and oxygen atoms in total. The third-order valence-electron chi connectivity index (χ3n) is 7.60. The maximum Gasteiger partial charge on any atom is 0.253 e. The van der Waals surface area contributed by atoms with E-state index in [1.807, 2.05) is 64.4 Å². The van der Waals surface area contributed by atoms with Gasteiger partial charge in [0.1, 0.15) is 5.75 Å². The van der Waals surface area contributed by atoms with Crippen molar-refractivity contribution in [3.63, 3.8) is 0 Å². The Morgan fingerprint density at radius 3 is 2.14 bits per heavy atom. The standard InChI is InChI=1S/C31H35N3O3/c1-37-29-9-5-8-28(22-29)25-10-12-26(13-11-25)30(35)33-16-14-27(15-17-33)31(36)34-20-18-32(19-21-34)23-24-6-3-2-4-7-24/h2-13,22,27H,14-21,23H2,1H3. The first-order valence-electron chi connectivity index (χ1n) is 13.2. The van der Waals surface area contributed by atoms with Gasteiger partial charge in [-0.3, -0.25) is 14.5 Å². The van der Waals surface area contributed by atoms with Gasteiger partial charge < -0.3 is 14.5 Å². The predicted octanol–water partition coefficient (Wildman–Crippen LogP) is 4.56. The van der Waals surface area contributed by atoms with Gasteiger partial charge in [0.25, 0.3) is 5.91 Å². The van der Waals surface area contributed by atoms with Crippen molar-refractivity contribution in [2.45, 2.75) is 19.4 Å². The maximum absolute atomic E-state index is 13.2. The zero-order valence-electron chi connectivity index (χ0n) is 21.5. The first kappa shape index (κ1) is 25.0. The summed E-state index contributed by atoms with van der Waals surface area (Å²) in [6.07, 6.45) is 1.47. The van der Waals surface area contributed by atoms with Gasteiger partial charge in [-0.2, -0.15) is 0 Å². The van der Waals surface area contributed by atoms with E-state index in [0.717, 1.165) is 62.4 Å². The molecule has 2 amide bonds. The van der Waals surface area contributed by atoms with Crippen molar-refractivity contribution in [2.75, 3.05) is 46.4 Å². The van der Waals surface area contributed by atoms with Gasteiger partial charge in [0.2, 0.25) is 5.91 Å². The monoisotopic (exact) mass is 497 g/mol. The van der Waals surface area contributed by atoms with E-state index < -0.39 is 0 Å². The fourth-order valence-corrected chi connectivity index (χ4v) is 5.35. The quantitative estimate of drug-likeness (QED) is 0.501. The summed E-state index contributed by atoms with van der Waals surface area (Å²) in [6.45, 7) is 5.56. The summed E-state index contributed by atoms with van der Waals surface area (Å²) >= 11 is 0. The van der Waals surface area contributed by atoms with Crippen LogP contribution in [0.5, 0.6) is 5.75 Å². The van der Waals surface area contributed by atoms with Crippen LogP contribution < -0.4 is 4.74 Å². The molecule has 192 valence electrons. The van der Waals surface area contributed by atoms with Crippen LogP contribution in [0.15, 0.2) is 78.9 Å². The van der Waals surface area contributed by atoms with Gasteiger partial charge in [0, 0.05) is 57.3 Å². The van der Waals surface area contributed by atoms with Crippen LogP contribution in [-0.4, -0.2) is 72.9 Å². The molecule has 3 aromatic rings. The van der Waals surface area contributed by atoms with Crippen molar-refractivity contribution in [3.8, 4) is 16.9 Å². The number of carbonyl (C=O) groups excluding carboxylic acids is 2. The van der Waals surface area contributed by atoms with E-state index in [0.29, 0.717) is 18.7 Å². The number of hydrogen-bond donors (Lipinski definition) is 0. The number of nitrogens with zero attached hydrogens (tertiary/aromatic N) is 3. The molecule has 6 heteroatoms. The van der Waals surface area contributed by atoms with Crippen molar-refractivity contribution < 1.29 is 14.3 Å². The van der Waals surface area contributed by atoms with Gasteiger partial charge in [-0.15, -0.1) is 0 Å². The molecule has 0 spiro atoms. The van der Waals surface area contributed by atoms with Gasteiger partial charge in [-0.25, -0.2) is 0 Å². The zero-order chi connectivity index (χ0) is 25.6. The number of ether oxygens (including phenoxy) is 1. The highest BCUT2D eigenvalue weighted by atomic mass is 16.5. The van der Waals surface area contributed by atoms with Crippen LogP contribution >= 0.6 is 0 Å². The molecule has 2 fully saturated rings. The second-order valence-electron chi connectivity index (χ2n) is 9.96. The van der Waals surface area contributed by atoms with Gasteiger partial charge in [0.15, 0.2) is 0 Å². The molecule has 2 aliphatic rings. The first-order valence-corrected chi connectivity index (χ1v) is 13.2. The zero-order valence-corrected chi connectivity index (χ0v) is 21.5. The van der Waals surface area contributed by atoms with Gasteiger partial charge in [0.05, 0.1) is 7.11 Å². The van der Waals surface area contributed by atoms with E-state index in [1.165, 1.54) is 5.56 Å². The Balaban J connectivity index is 1.10. The van der Waals surface area contributed by atoms with E-state index in [-0.39, 0.29) is 17.7 Å². The van der Waals surface area contributed by atoms with Crippen molar-refractivity contribution in [1.29, 1.82) is 0 Å². The Hall–Kier alpha value is -3.64. The van der Waals surface area contributed by atoms with Crippen LogP contribution in [0.3, 0.4) is 0 Å². The molecule has 5 rings (SSSR count). The van der Waals surface area contributed by atoms with Crippen LogP contribution in [0.4, 0.5) is 0 Å². The highest BCUT2D eigenvalue weighted by molar-refractivity contribution is 5.95. The van der Waals surface area contributed by atoms with Crippen LogP contribution in [0, 0.1) is 5.92 Å². The number of amides is 2. The summed E-state index contributed by atoms with van der Waals surface area (Å²) in [4.78, 5) is 32.6. The molecule has 0 N–H and O–H groups in total. The Kier molecular flexibility index (Phi) is 7.85. The van der Waals surface area contributed by atoms with Crippen LogP contribution in [0.1, 0.15) is 28.8 Å². The van der Waals surface area contributed by atoms with Crippen molar-refractivity contribution >= 4 is 11.8 Å². The van der Waals surface area contributed by atoms with E-state index in [4.69, 9.17) is 4.74 Å². The number of carbonyl (C=O) groups is 2. The third kappa shape index (κ3) is 6.03. The molecule has 0 radical (unpaired) electrons. The minimum atomic E-state index is 0.0140. The Labute approximate surface area is 219 Å². The second kappa shape index (κ2) is 11.6. The highest BCUT2D eigenvalue weighted by Crippen LogP contribution is 2.26. The summed E-state index contributed by atoms with van der Waals surface area (Å²) in [5.74, 6) is 1.12.